The number of rotatable bonds is 7. The number of likely N-dealkylation sites (tertiary alicyclic amines) is 1. The molecular formula is C18H29N3O2. The van der Waals surface area contributed by atoms with E-state index in [1.165, 1.54) is 0 Å². The lowest BCUT2D eigenvalue weighted by Gasteiger charge is -2.35. The minimum Gasteiger partial charge on any atom is -0.383 e. The molecule has 0 unspecified atom stereocenters. The molecule has 5 heteroatoms. The van der Waals surface area contributed by atoms with Crippen molar-refractivity contribution in [3.8, 4) is 0 Å². The summed E-state index contributed by atoms with van der Waals surface area (Å²) in [6.07, 6.45) is 6.42. The summed E-state index contributed by atoms with van der Waals surface area (Å²) in [7, 11) is 3.66. The predicted octanol–water partition coefficient (Wildman–Crippen LogP) is 2.35. The van der Waals surface area contributed by atoms with Crippen LogP contribution in [-0.4, -0.2) is 61.1 Å². The molecule has 1 aliphatic heterocycles. The molecule has 1 aromatic rings. The maximum atomic E-state index is 12.9. The van der Waals surface area contributed by atoms with Crippen LogP contribution < -0.4 is 0 Å². The van der Waals surface area contributed by atoms with E-state index < -0.39 is 0 Å². The standard InChI is InChI=1S/C18H29N3O2/c1-4-17(16-6-5-9-19-14-16)20(2)18(22)15-7-10-21(11-8-15)12-13-23-3/h5-6,9,14-15,17H,4,7-8,10-13H2,1-3H3/t17-/m0/s1. The summed E-state index contributed by atoms with van der Waals surface area (Å²) >= 11 is 0. The number of methoxy groups -OCH3 is 1. The molecule has 1 aromatic heterocycles. The number of hydrogen-bond acceptors (Lipinski definition) is 4. The molecule has 0 radical (unpaired) electrons. The average molecular weight is 319 g/mol. The lowest BCUT2D eigenvalue weighted by molar-refractivity contribution is -0.138. The van der Waals surface area contributed by atoms with Gasteiger partial charge in [-0.05, 0) is 44.0 Å². The van der Waals surface area contributed by atoms with Gasteiger partial charge >= 0.3 is 0 Å². The highest BCUT2D eigenvalue weighted by atomic mass is 16.5. The van der Waals surface area contributed by atoms with Gasteiger partial charge in [-0.15, -0.1) is 0 Å². The normalized spacial score (nSPS) is 17.9. The number of piperidine rings is 1. The van der Waals surface area contributed by atoms with Crippen LogP contribution in [0.15, 0.2) is 24.5 Å². The summed E-state index contributed by atoms with van der Waals surface area (Å²) in [4.78, 5) is 21.3. The Balaban J connectivity index is 1.92. The van der Waals surface area contributed by atoms with Gasteiger partial charge in [0.25, 0.3) is 0 Å². The van der Waals surface area contributed by atoms with Gasteiger partial charge in [0, 0.05) is 39.0 Å². The van der Waals surface area contributed by atoms with Crippen LogP contribution in [0, 0.1) is 5.92 Å². The molecule has 0 N–H and O–H groups in total. The highest BCUT2D eigenvalue weighted by Crippen LogP contribution is 2.27. The van der Waals surface area contributed by atoms with Gasteiger partial charge in [-0.1, -0.05) is 13.0 Å². The van der Waals surface area contributed by atoms with Gasteiger partial charge < -0.3 is 14.5 Å². The van der Waals surface area contributed by atoms with E-state index in [9.17, 15) is 4.79 Å². The van der Waals surface area contributed by atoms with E-state index in [4.69, 9.17) is 4.74 Å². The fourth-order valence-corrected chi connectivity index (χ4v) is 3.37. The molecule has 0 aliphatic carbocycles. The summed E-state index contributed by atoms with van der Waals surface area (Å²) in [6.45, 7) is 5.81. The number of ether oxygens (including phenoxy) is 1. The first-order valence-electron chi connectivity index (χ1n) is 8.55. The van der Waals surface area contributed by atoms with E-state index in [1.807, 2.05) is 24.2 Å². The molecule has 128 valence electrons. The zero-order chi connectivity index (χ0) is 16.7. The molecule has 1 atom stereocenters. The number of nitrogens with zero attached hydrogens (tertiary/aromatic N) is 3. The number of carbonyl (C=O) groups excluding carboxylic acids is 1. The number of carbonyl (C=O) groups is 1. The van der Waals surface area contributed by atoms with E-state index >= 15 is 0 Å². The topological polar surface area (TPSA) is 45.7 Å². The molecule has 1 saturated heterocycles. The molecule has 2 rings (SSSR count). The summed E-state index contributed by atoms with van der Waals surface area (Å²) < 4.78 is 5.13. The van der Waals surface area contributed by atoms with Gasteiger partial charge in [0.2, 0.25) is 5.91 Å². The van der Waals surface area contributed by atoms with Gasteiger partial charge in [-0.2, -0.15) is 0 Å². The molecule has 1 fully saturated rings. The molecule has 0 bridgehead atoms. The van der Waals surface area contributed by atoms with Crippen molar-refractivity contribution < 1.29 is 9.53 Å². The second-order valence-electron chi connectivity index (χ2n) is 6.27. The summed E-state index contributed by atoms with van der Waals surface area (Å²) in [5.41, 5.74) is 1.11. The molecule has 2 heterocycles. The van der Waals surface area contributed by atoms with Crippen molar-refractivity contribution in [2.45, 2.75) is 32.2 Å². The lowest BCUT2D eigenvalue weighted by Crippen LogP contribution is -2.43. The maximum absolute atomic E-state index is 12.9. The van der Waals surface area contributed by atoms with Gasteiger partial charge in [-0.3, -0.25) is 9.78 Å². The zero-order valence-corrected chi connectivity index (χ0v) is 14.6. The Morgan fingerprint density at radius 1 is 1.48 bits per heavy atom. The van der Waals surface area contributed by atoms with E-state index in [0.717, 1.165) is 51.1 Å². The quantitative estimate of drug-likeness (QED) is 0.774. The lowest BCUT2D eigenvalue weighted by atomic mass is 9.94. The van der Waals surface area contributed by atoms with Crippen molar-refractivity contribution in [3.63, 3.8) is 0 Å². The Hall–Kier alpha value is -1.46. The molecule has 23 heavy (non-hydrogen) atoms. The van der Waals surface area contributed by atoms with Gasteiger partial charge in [-0.25, -0.2) is 0 Å². The van der Waals surface area contributed by atoms with Crippen molar-refractivity contribution in [1.29, 1.82) is 0 Å². The van der Waals surface area contributed by atoms with Gasteiger partial charge in [0.1, 0.15) is 0 Å². The van der Waals surface area contributed by atoms with Gasteiger partial charge in [0.05, 0.1) is 12.6 Å². The van der Waals surface area contributed by atoms with Crippen LogP contribution in [0.4, 0.5) is 0 Å². The molecule has 0 spiro atoms. The van der Waals surface area contributed by atoms with Crippen molar-refractivity contribution in [2.24, 2.45) is 5.92 Å². The second kappa shape index (κ2) is 8.99. The zero-order valence-electron chi connectivity index (χ0n) is 14.6. The molecular weight excluding hydrogens is 290 g/mol. The highest BCUT2D eigenvalue weighted by Gasteiger charge is 2.30. The van der Waals surface area contributed by atoms with Crippen molar-refractivity contribution >= 4 is 5.91 Å². The fraction of sp³-hybridized carbons (Fsp3) is 0.667. The SMILES string of the molecule is CC[C@@H](c1cccnc1)N(C)C(=O)C1CCN(CCOC)CC1. The van der Waals surface area contributed by atoms with E-state index in [-0.39, 0.29) is 17.9 Å². The first-order valence-corrected chi connectivity index (χ1v) is 8.55. The van der Waals surface area contributed by atoms with Crippen molar-refractivity contribution in [2.75, 3.05) is 40.4 Å². The van der Waals surface area contributed by atoms with Crippen LogP contribution in [-0.2, 0) is 9.53 Å². The van der Waals surface area contributed by atoms with Crippen LogP contribution in [0.5, 0.6) is 0 Å². The van der Waals surface area contributed by atoms with E-state index in [2.05, 4.69) is 22.9 Å². The third kappa shape index (κ3) is 4.75. The Bertz CT molecular complexity index is 472. The first-order chi connectivity index (χ1) is 11.2. The fourth-order valence-electron chi connectivity index (χ4n) is 3.37. The Morgan fingerprint density at radius 3 is 2.78 bits per heavy atom. The smallest absolute Gasteiger partial charge is 0.226 e. The first kappa shape index (κ1) is 17.9. The van der Waals surface area contributed by atoms with Gasteiger partial charge in [0.15, 0.2) is 0 Å². The summed E-state index contributed by atoms with van der Waals surface area (Å²) in [5.74, 6) is 0.414. The Kier molecular flexibility index (Phi) is 6.99. The number of pyridine rings is 1. The summed E-state index contributed by atoms with van der Waals surface area (Å²) in [6, 6.07) is 4.10. The summed E-state index contributed by atoms with van der Waals surface area (Å²) in [5, 5.41) is 0. The molecule has 1 aliphatic rings. The largest absolute Gasteiger partial charge is 0.383 e. The molecule has 1 amide bonds. The maximum Gasteiger partial charge on any atom is 0.226 e. The Morgan fingerprint density at radius 2 is 2.22 bits per heavy atom. The van der Waals surface area contributed by atoms with E-state index in [0.29, 0.717) is 0 Å². The van der Waals surface area contributed by atoms with Crippen LogP contribution in [0.3, 0.4) is 0 Å². The van der Waals surface area contributed by atoms with Crippen molar-refractivity contribution in [1.82, 2.24) is 14.8 Å². The van der Waals surface area contributed by atoms with Crippen LogP contribution >= 0.6 is 0 Å². The molecule has 5 nitrogen and oxygen atoms in total. The average Bonchev–Trinajstić information content (AvgIpc) is 2.61. The Labute approximate surface area is 139 Å². The third-order valence-electron chi connectivity index (χ3n) is 4.82. The minimum atomic E-state index is 0.114. The molecule has 0 aromatic carbocycles. The number of amides is 1. The second-order valence-corrected chi connectivity index (χ2v) is 6.27. The third-order valence-corrected chi connectivity index (χ3v) is 4.82. The van der Waals surface area contributed by atoms with E-state index in [1.54, 1.807) is 13.3 Å². The van der Waals surface area contributed by atoms with Crippen molar-refractivity contribution in [3.05, 3.63) is 30.1 Å². The number of aromatic nitrogens is 1. The minimum absolute atomic E-state index is 0.114. The van der Waals surface area contributed by atoms with Crippen LogP contribution in [0.2, 0.25) is 0 Å². The van der Waals surface area contributed by atoms with Crippen LogP contribution in [0.1, 0.15) is 37.8 Å². The highest BCUT2D eigenvalue weighted by molar-refractivity contribution is 5.79. The van der Waals surface area contributed by atoms with Crippen LogP contribution in [0.25, 0.3) is 0 Å². The molecule has 0 saturated carbocycles. The predicted molar refractivity (Wildman–Crippen MR) is 91.1 cm³/mol. The monoisotopic (exact) mass is 319 g/mol. The number of hydrogen-bond donors (Lipinski definition) is 0.